The van der Waals surface area contributed by atoms with Crippen molar-refractivity contribution >= 4 is 21.7 Å². The highest BCUT2D eigenvalue weighted by molar-refractivity contribution is 7.89. The van der Waals surface area contributed by atoms with Gasteiger partial charge in [0, 0.05) is 31.3 Å². The molecule has 10 nitrogen and oxygen atoms in total. The van der Waals surface area contributed by atoms with Crippen LogP contribution in [0.1, 0.15) is 24.0 Å². The number of anilines is 1. The highest BCUT2D eigenvalue weighted by Gasteiger charge is 2.22. The molecule has 0 saturated heterocycles. The fourth-order valence-electron chi connectivity index (χ4n) is 3.55. The maximum atomic E-state index is 12.8. The predicted molar refractivity (Wildman–Crippen MR) is 139 cm³/mol. The number of carbonyl (C=O) groups is 1. The molecular formula is C26H32N4O6S. The number of pyridine rings is 1. The largest absolute Gasteiger partial charge is 0.497 e. The second kappa shape index (κ2) is 13.6. The van der Waals surface area contributed by atoms with Gasteiger partial charge in [0.05, 0.1) is 18.6 Å². The van der Waals surface area contributed by atoms with Crippen molar-refractivity contribution in [3.8, 4) is 11.5 Å². The van der Waals surface area contributed by atoms with Crippen molar-refractivity contribution in [1.29, 1.82) is 0 Å². The number of ether oxygens (including phenoxy) is 2. The molecule has 0 aliphatic heterocycles. The molecule has 3 rings (SSSR count). The van der Waals surface area contributed by atoms with E-state index in [0.29, 0.717) is 18.9 Å². The zero-order chi connectivity index (χ0) is 26.7. The molecule has 0 fully saturated rings. The van der Waals surface area contributed by atoms with E-state index >= 15 is 0 Å². The summed E-state index contributed by atoms with van der Waals surface area (Å²) in [4.78, 5) is 16.1. The highest BCUT2D eigenvalue weighted by atomic mass is 32.2. The number of carbonyl (C=O) groups excluding carboxylic acids is 1. The molecule has 1 heterocycles. The first-order valence-corrected chi connectivity index (χ1v) is 13.2. The molecule has 0 radical (unpaired) electrons. The third-order valence-corrected chi connectivity index (χ3v) is 7.01. The van der Waals surface area contributed by atoms with Gasteiger partial charge in [0.25, 0.3) is 0 Å². The van der Waals surface area contributed by atoms with E-state index in [1.165, 1.54) is 12.1 Å². The molecule has 4 N–H and O–H groups in total. The van der Waals surface area contributed by atoms with Gasteiger partial charge in [-0.2, -0.15) is 0 Å². The van der Waals surface area contributed by atoms with Crippen molar-refractivity contribution < 1.29 is 27.9 Å². The van der Waals surface area contributed by atoms with E-state index in [4.69, 9.17) is 14.7 Å². The summed E-state index contributed by atoms with van der Waals surface area (Å²) in [5, 5.41) is 12.1. The van der Waals surface area contributed by atoms with Gasteiger partial charge in [-0.15, -0.1) is 0 Å². The average molecular weight is 529 g/mol. The first-order valence-electron chi connectivity index (χ1n) is 11.8. The lowest BCUT2D eigenvalue weighted by Gasteiger charge is -2.18. The number of sulfonamides is 1. The third-order valence-electron chi connectivity index (χ3n) is 5.48. The van der Waals surface area contributed by atoms with Crippen LogP contribution >= 0.6 is 0 Å². The lowest BCUT2D eigenvalue weighted by atomic mass is 10.0. The number of hydrogen-bond donors (Lipinski definition) is 4. The van der Waals surface area contributed by atoms with E-state index in [2.05, 4.69) is 15.0 Å². The SMILES string of the molecule is COc1ccnc(NCCCOc2ccc(C[C@@H](CC(=O)NO)NS(=O)(=O)c3ccc(C)cc3)cc2)c1. The smallest absolute Gasteiger partial charge is 0.244 e. The molecule has 0 aliphatic rings. The molecule has 1 atom stereocenters. The number of methoxy groups -OCH3 is 1. The van der Waals surface area contributed by atoms with E-state index in [-0.39, 0.29) is 17.7 Å². The zero-order valence-electron chi connectivity index (χ0n) is 20.8. The average Bonchev–Trinajstić information content (AvgIpc) is 2.89. The maximum absolute atomic E-state index is 12.8. The molecule has 2 aromatic carbocycles. The molecule has 37 heavy (non-hydrogen) atoms. The summed E-state index contributed by atoms with van der Waals surface area (Å²) in [6.45, 7) is 3.03. The molecule has 11 heteroatoms. The molecule has 0 bridgehead atoms. The number of hydroxylamine groups is 1. The van der Waals surface area contributed by atoms with Gasteiger partial charge in [-0.25, -0.2) is 23.6 Å². The van der Waals surface area contributed by atoms with Crippen LogP contribution in [0.5, 0.6) is 11.5 Å². The topological polar surface area (TPSA) is 139 Å². The molecule has 0 aliphatic carbocycles. The van der Waals surface area contributed by atoms with Crippen molar-refractivity contribution in [2.24, 2.45) is 0 Å². The summed E-state index contributed by atoms with van der Waals surface area (Å²) < 4.78 is 39.2. The molecule has 198 valence electrons. The number of nitrogens with one attached hydrogen (secondary N) is 3. The monoisotopic (exact) mass is 528 g/mol. The fraction of sp³-hybridized carbons (Fsp3) is 0.308. The first-order chi connectivity index (χ1) is 17.8. The van der Waals surface area contributed by atoms with Crippen molar-refractivity contribution in [2.45, 2.75) is 37.1 Å². The Morgan fingerprint density at radius 3 is 2.46 bits per heavy atom. The summed E-state index contributed by atoms with van der Waals surface area (Å²) in [5.41, 5.74) is 3.30. The van der Waals surface area contributed by atoms with Crippen molar-refractivity contribution in [2.75, 3.05) is 25.6 Å². The minimum absolute atomic E-state index is 0.105. The van der Waals surface area contributed by atoms with Gasteiger partial charge >= 0.3 is 0 Å². The summed E-state index contributed by atoms with van der Waals surface area (Å²) >= 11 is 0. The van der Waals surface area contributed by atoms with Crippen LogP contribution < -0.4 is 25.0 Å². The number of benzene rings is 2. The summed E-state index contributed by atoms with van der Waals surface area (Å²) in [6.07, 6.45) is 2.44. The van der Waals surface area contributed by atoms with Gasteiger partial charge in [0.1, 0.15) is 17.3 Å². The number of aromatic nitrogens is 1. The first kappa shape index (κ1) is 27.9. The second-order valence-corrected chi connectivity index (χ2v) is 10.1. The Morgan fingerprint density at radius 2 is 1.78 bits per heavy atom. The maximum Gasteiger partial charge on any atom is 0.244 e. The Hall–Kier alpha value is -3.67. The summed E-state index contributed by atoms with van der Waals surface area (Å²) in [5.74, 6) is 1.45. The zero-order valence-corrected chi connectivity index (χ0v) is 21.6. The molecule has 3 aromatic rings. The van der Waals surface area contributed by atoms with Gasteiger partial charge in [-0.1, -0.05) is 29.8 Å². The van der Waals surface area contributed by atoms with Gasteiger partial charge in [-0.05, 0) is 55.7 Å². The lowest BCUT2D eigenvalue weighted by Crippen LogP contribution is -2.40. The Kier molecular flexibility index (Phi) is 10.2. The van der Waals surface area contributed by atoms with E-state index in [1.807, 2.05) is 25.1 Å². The Balaban J connectivity index is 1.52. The van der Waals surface area contributed by atoms with Gasteiger partial charge in [0.2, 0.25) is 15.9 Å². The second-order valence-electron chi connectivity index (χ2n) is 8.43. The number of aryl methyl sites for hydroxylation is 1. The molecule has 0 unspecified atom stereocenters. The minimum Gasteiger partial charge on any atom is -0.497 e. The fourth-order valence-corrected chi connectivity index (χ4v) is 4.79. The quantitative estimate of drug-likeness (QED) is 0.142. The van der Waals surface area contributed by atoms with E-state index in [9.17, 15) is 13.2 Å². The minimum atomic E-state index is -3.85. The van der Waals surface area contributed by atoms with Crippen LogP contribution in [0.3, 0.4) is 0 Å². The summed E-state index contributed by atoms with van der Waals surface area (Å²) in [7, 11) is -2.25. The van der Waals surface area contributed by atoms with Crippen molar-refractivity contribution in [3.05, 3.63) is 78.0 Å². The third kappa shape index (κ3) is 9.05. The number of rotatable bonds is 14. The van der Waals surface area contributed by atoms with Gasteiger partial charge in [-0.3, -0.25) is 10.0 Å². The Labute approximate surface area is 217 Å². The van der Waals surface area contributed by atoms with E-state index in [0.717, 1.165) is 29.1 Å². The molecular weight excluding hydrogens is 496 g/mol. The van der Waals surface area contributed by atoms with Crippen LogP contribution in [-0.2, 0) is 21.2 Å². The number of hydrogen-bond acceptors (Lipinski definition) is 8. The van der Waals surface area contributed by atoms with Crippen LogP contribution in [-0.4, -0.2) is 50.8 Å². The van der Waals surface area contributed by atoms with Crippen LogP contribution in [0.4, 0.5) is 5.82 Å². The van der Waals surface area contributed by atoms with Gasteiger partial charge < -0.3 is 14.8 Å². The molecule has 0 saturated carbocycles. The summed E-state index contributed by atoms with van der Waals surface area (Å²) in [6, 6.07) is 16.5. The van der Waals surface area contributed by atoms with Crippen molar-refractivity contribution in [1.82, 2.24) is 15.2 Å². The normalized spacial score (nSPS) is 12.0. The van der Waals surface area contributed by atoms with Gasteiger partial charge in [0.15, 0.2) is 0 Å². The highest BCUT2D eigenvalue weighted by Crippen LogP contribution is 2.17. The predicted octanol–water partition coefficient (Wildman–Crippen LogP) is 3.06. The molecule has 1 aromatic heterocycles. The Bertz CT molecular complexity index is 1250. The van der Waals surface area contributed by atoms with E-state index in [1.54, 1.807) is 49.1 Å². The van der Waals surface area contributed by atoms with Crippen LogP contribution in [0.15, 0.2) is 71.8 Å². The molecule has 0 spiro atoms. The molecule has 1 amide bonds. The Morgan fingerprint density at radius 1 is 1.05 bits per heavy atom. The van der Waals surface area contributed by atoms with Crippen LogP contribution in [0.25, 0.3) is 0 Å². The van der Waals surface area contributed by atoms with E-state index < -0.39 is 22.0 Å². The standard InChI is InChI=1S/C26H32N4O6S/c1-19-4-10-24(11-5-19)37(33,34)30-21(17-26(31)29-32)16-20-6-8-22(9-7-20)36-15-3-13-27-25-18-23(35-2)12-14-28-25/h4-12,14,18,21,30,32H,3,13,15-17H2,1-2H3,(H,27,28)(H,29,31)/t21-/m0/s1. The lowest BCUT2D eigenvalue weighted by molar-refractivity contribution is -0.129. The van der Waals surface area contributed by atoms with Crippen LogP contribution in [0.2, 0.25) is 0 Å². The van der Waals surface area contributed by atoms with Crippen LogP contribution in [0, 0.1) is 6.92 Å². The van der Waals surface area contributed by atoms with Crippen molar-refractivity contribution in [3.63, 3.8) is 0 Å². The number of amides is 1. The number of nitrogens with zero attached hydrogens (tertiary/aromatic N) is 1.